The number of nitrogens with zero attached hydrogens (tertiary/aromatic N) is 1. The minimum atomic E-state index is -1.13. The van der Waals surface area contributed by atoms with Crippen LogP contribution in [0.1, 0.15) is 17.2 Å². The van der Waals surface area contributed by atoms with Gasteiger partial charge in [0.15, 0.2) is 6.04 Å². The summed E-state index contributed by atoms with van der Waals surface area (Å²) in [7, 11) is 0. The number of benzene rings is 2. The molecule has 1 saturated heterocycles. The van der Waals surface area contributed by atoms with Gasteiger partial charge in [0.25, 0.3) is 5.91 Å². The van der Waals surface area contributed by atoms with Gasteiger partial charge in [0.1, 0.15) is 4.32 Å². The highest BCUT2D eigenvalue weighted by molar-refractivity contribution is 8.26. The van der Waals surface area contributed by atoms with Gasteiger partial charge < -0.3 is 5.11 Å². The van der Waals surface area contributed by atoms with Gasteiger partial charge in [-0.05, 0) is 17.2 Å². The number of carbonyl (C=O) groups excluding carboxylic acids is 1. The molecule has 4 nitrogen and oxygen atoms in total. The van der Waals surface area contributed by atoms with Crippen LogP contribution in [-0.4, -0.2) is 26.2 Å². The number of carboxylic acid groups (broad SMARTS) is 1. The van der Waals surface area contributed by atoms with Crippen molar-refractivity contribution in [3.05, 3.63) is 88.8 Å². The number of carboxylic acids is 1. The van der Waals surface area contributed by atoms with E-state index in [1.165, 1.54) is 4.90 Å². The first-order valence-corrected chi connectivity index (χ1v) is 9.07. The quantitative estimate of drug-likeness (QED) is 0.619. The molecule has 2 aromatic rings. The van der Waals surface area contributed by atoms with Crippen LogP contribution in [0.15, 0.2) is 77.7 Å². The first-order chi connectivity index (χ1) is 12.6. The molecule has 26 heavy (non-hydrogen) atoms. The molecular formula is C20H15NO3S2. The lowest BCUT2D eigenvalue weighted by atomic mass is 10.1. The number of aliphatic carboxylic acids is 1. The molecule has 6 heteroatoms. The van der Waals surface area contributed by atoms with Gasteiger partial charge in [-0.3, -0.25) is 9.69 Å². The van der Waals surface area contributed by atoms with E-state index in [4.69, 9.17) is 12.2 Å². The molecule has 0 aliphatic carbocycles. The standard InChI is InChI=1S/C20H15NO3S2/c22-18-16(13-7-10-14-8-3-1-4-9-14)26-20(25)21(18)17(19(23)24)15-11-5-2-6-12-15/h1-13,17H,(H,23,24)/b10-7+,16-13-/t17-/m1/s1. The van der Waals surface area contributed by atoms with Crippen molar-refractivity contribution >= 4 is 46.3 Å². The Labute approximate surface area is 160 Å². The predicted molar refractivity (Wildman–Crippen MR) is 107 cm³/mol. The molecule has 130 valence electrons. The van der Waals surface area contributed by atoms with E-state index in [1.807, 2.05) is 36.4 Å². The fraction of sp³-hybridized carbons (Fsp3) is 0.0500. The monoisotopic (exact) mass is 381 g/mol. The number of carbonyl (C=O) groups is 2. The fourth-order valence-corrected chi connectivity index (χ4v) is 3.83. The lowest BCUT2D eigenvalue weighted by Crippen LogP contribution is -2.37. The molecule has 0 aromatic heterocycles. The third-order valence-electron chi connectivity index (χ3n) is 3.77. The average molecular weight is 381 g/mol. The molecule has 0 spiro atoms. The van der Waals surface area contributed by atoms with Crippen molar-refractivity contribution in [1.29, 1.82) is 0 Å². The maximum Gasteiger partial charge on any atom is 0.331 e. The van der Waals surface area contributed by atoms with Gasteiger partial charge >= 0.3 is 5.97 Å². The Balaban J connectivity index is 1.85. The average Bonchev–Trinajstić information content (AvgIpc) is 2.91. The van der Waals surface area contributed by atoms with Gasteiger partial charge in [-0.1, -0.05) is 96.8 Å². The first-order valence-electron chi connectivity index (χ1n) is 7.84. The Morgan fingerprint density at radius 1 is 1.08 bits per heavy atom. The minimum absolute atomic E-state index is 0.241. The molecule has 1 N–H and O–H groups in total. The summed E-state index contributed by atoms with van der Waals surface area (Å²) >= 11 is 6.39. The topological polar surface area (TPSA) is 57.6 Å². The van der Waals surface area contributed by atoms with Crippen molar-refractivity contribution < 1.29 is 14.7 Å². The number of hydrogen-bond acceptors (Lipinski definition) is 4. The second-order valence-corrected chi connectivity index (χ2v) is 7.17. The van der Waals surface area contributed by atoms with Crippen LogP contribution in [0.3, 0.4) is 0 Å². The summed E-state index contributed by atoms with van der Waals surface area (Å²) in [5.41, 5.74) is 1.52. The van der Waals surface area contributed by atoms with Crippen molar-refractivity contribution in [3.63, 3.8) is 0 Å². The van der Waals surface area contributed by atoms with E-state index in [1.54, 1.807) is 42.5 Å². The van der Waals surface area contributed by atoms with Crippen LogP contribution in [0.5, 0.6) is 0 Å². The first kappa shape index (κ1) is 18.1. The van der Waals surface area contributed by atoms with Crippen molar-refractivity contribution in [2.45, 2.75) is 6.04 Å². The third-order valence-corrected chi connectivity index (χ3v) is 5.12. The van der Waals surface area contributed by atoms with Crippen LogP contribution >= 0.6 is 24.0 Å². The molecule has 0 bridgehead atoms. The molecule has 1 amide bonds. The Kier molecular flexibility index (Phi) is 5.65. The summed E-state index contributed by atoms with van der Waals surface area (Å²) in [5.74, 6) is -1.51. The van der Waals surface area contributed by atoms with Gasteiger partial charge in [0.2, 0.25) is 0 Å². The van der Waals surface area contributed by atoms with Crippen molar-refractivity contribution in [1.82, 2.24) is 4.90 Å². The van der Waals surface area contributed by atoms with Crippen LogP contribution < -0.4 is 0 Å². The number of rotatable bonds is 5. The Morgan fingerprint density at radius 2 is 1.69 bits per heavy atom. The Bertz CT molecular complexity index is 892. The summed E-state index contributed by atoms with van der Waals surface area (Å²) < 4.78 is 0.241. The highest BCUT2D eigenvalue weighted by Crippen LogP contribution is 2.37. The van der Waals surface area contributed by atoms with Crippen LogP contribution in [0.25, 0.3) is 6.08 Å². The van der Waals surface area contributed by atoms with Gasteiger partial charge in [-0.15, -0.1) is 0 Å². The smallest absolute Gasteiger partial charge is 0.331 e. The normalized spacial score (nSPS) is 17.2. The van der Waals surface area contributed by atoms with Gasteiger partial charge in [0, 0.05) is 0 Å². The van der Waals surface area contributed by atoms with E-state index in [-0.39, 0.29) is 4.32 Å². The highest BCUT2D eigenvalue weighted by Gasteiger charge is 2.41. The highest BCUT2D eigenvalue weighted by atomic mass is 32.2. The molecule has 1 fully saturated rings. The second-order valence-electron chi connectivity index (χ2n) is 5.50. The zero-order chi connectivity index (χ0) is 18.5. The third kappa shape index (κ3) is 3.92. The number of allylic oxidation sites excluding steroid dienone is 2. The van der Waals surface area contributed by atoms with Crippen LogP contribution in [0.2, 0.25) is 0 Å². The van der Waals surface area contributed by atoms with E-state index in [0.717, 1.165) is 17.3 Å². The Hall–Kier alpha value is -2.70. The summed E-state index contributed by atoms with van der Waals surface area (Å²) in [6.07, 6.45) is 5.30. The SMILES string of the molecule is O=C(O)[C@@H](c1ccccc1)N1C(=O)/C(=C/C=C/c2ccccc2)SC1=S. The van der Waals surface area contributed by atoms with Crippen LogP contribution in [0, 0.1) is 0 Å². The maximum atomic E-state index is 12.7. The summed E-state index contributed by atoms with van der Waals surface area (Å²) in [6.45, 7) is 0. The van der Waals surface area contributed by atoms with Gasteiger partial charge in [-0.25, -0.2) is 4.79 Å². The number of thiocarbonyl (C=S) groups is 1. The van der Waals surface area contributed by atoms with Crippen LogP contribution in [-0.2, 0) is 9.59 Å². The second kappa shape index (κ2) is 8.12. The number of amides is 1. The lowest BCUT2D eigenvalue weighted by molar-refractivity contribution is -0.145. The summed E-state index contributed by atoms with van der Waals surface area (Å²) in [5, 5.41) is 9.64. The molecule has 0 saturated carbocycles. The van der Waals surface area contributed by atoms with E-state index in [2.05, 4.69) is 0 Å². The van der Waals surface area contributed by atoms with Crippen LogP contribution in [0.4, 0.5) is 0 Å². The molecule has 0 radical (unpaired) electrons. The fourth-order valence-electron chi connectivity index (χ4n) is 2.56. The summed E-state index contributed by atoms with van der Waals surface area (Å²) in [4.78, 5) is 26.1. The largest absolute Gasteiger partial charge is 0.479 e. The van der Waals surface area contributed by atoms with Gasteiger partial charge in [0.05, 0.1) is 4.91 Å². The molecule has 1 aliphatic heterocycles. The zero-order valence-corrected chi connectivity index (χ0v) is 15.2. The molecule has 3 rings (SSSR count). The van der Waals surface area contributed by atoms with Gasteiger partial charge in [-0.2, -0.15) is 0 Å². The number of hydrogen-bond donors (Lipinski definition) is 1. The molecule has 2 aromatic carbocycles. The minimum Gasteiger partial charge on any atom is -0.479 e. The molecule has 0 unspecified atom stereocenters. The Morgan fingerprint density at radius 3 is 2.31 bits per heavy atom. The maximum absolute atomic E-state index is 12.7. The van der Waals surface area contributed by atoms with Crippen molar-refractivity contribution in [2.24, 2.45) is 0 Å². The number of thioether (sulfide) groups is 1. The van der Waals surface area contributed by atoms with E-state index < -0.39 is 17.9 Å². The molecule has 1 atom stereocenters. The predicted octanol–water partition coefficient (Wildman–Crippen LogP) is 4.27. The van der Waals surface area contributed by atoms with E-state index >= 15 is 0 Å². The van der Waals surface area contributed by atoms with Crippen molar-refractivity contribution in [2.75, 3.05) is 0 Å². The lowest BCUT2D eigenvalue weighted by Gasteiger charge is -2.23. The van der Waals surface area contributed by atoms with E-state index in [0.29, 0.717) is 10.5 Å². The summed E-state index contributed by atoms with van der Waals surface area (Å²) in [6, 6.07) is 17.2. The molecular weight excluding hydrogens is 366 g/mol. The zero-order valence-electron chi connectivity index (χ0n) is 13.6. The molecule has 1 heterocycles. The molecule has 1 aliphatic rings. The van der Waals surface area contributed by atoms with Crippen molar-refractivity contribution in [3.8, 4) is 0 Å². The van der Waals surface area contributed by atoms with E-state index in [9.17, 15) is 14.7 Å².